The van der Waals surface area contributed by atoms with Crippen LogP contribution in [0, 0.1) is 12.7 Å². The third-order valence-corrected chi connectivity index (χ3v) is 4.30. The molecule has 0 atom stereocenters. The van der Waals surface area contributed by atoms with Gasteiger partial charge in [-0.05, 0) is 53.9 Å². The lowest BCUT2D eigenvalue weighted by atomic mass is 10.0. The lowest BCUT2D eigenvalue weighted by molar-refractivity contribution is 0.412. The fourth-order valence-electron chi connectivity index (χ4n) is 2.72. The summed E-state index contributed by atoms with van der Waals surface area (Å²) in [5, 5.41) is 0.330. The zero-order valence-electron chi connectivity index (χ0n) is 13.9. The first-order chi connectivity index (χ1) is 12.0. The average molecular weight is 358 g/mol. The predicted octanol–water partition coefficient (Wildman–Crippen LogP) is 4.67. The van der Waals surface area contributed by atoms with Gasteiger partial charge in [-0.15, -0.1) is 0 Å². The van der Waals surface area contributed by atoms with E-state index in [0.29, 0.717) is 10.6 Å². The third-order valence-electron chi connectivity index (χ3n) is 4.07. The van der Waals surface area contributed by atoms with Crippen molar-refractivity contribution in [2.75, 3.05) is 7.11 Å². The molecule has 0 aliphatic heterocycles. The van der Waals surface area contributed by atoms with Crippen molar-refractivity contribution in [1.29, 1.82) is 0 Å². The summed E-state index contributed by atoms with van der Waals surface area (Å²) in [5.74, 6) is 0.380. The van der Waals surface area contributed by atoms with Crippen molar-refractivity contribution in [3.63, 3.8) is 0 Å². The Balaban J connectivity index is 1.98. The molecular formula is C20H17ClFNO2. The predicted molar refractivity (Wildman–Crippen MR) is 97.9 cm³/mol. The van der Waals surface area contributed by atoms with Crippen molar-refractivity contribution in [2.45, 2.75) is 13.5 Å². The maximum atomic E-state index is 14.0. The lowest BCUT2D eigenvalue weighted by Gasteiger charge is -2.11. The molecule has 1 heterocycles. The van der Waals surface area contributed by atoms with Gasteiger partial charge in [0.05, 0.1) is 13.7 Å². The summed E-state index contributed by atoms with van der Waals surface area (Å²) in [6, 6.07) is 13.5. The molecule has 0 amide bonds. The third kappa shape index (κ3) is 3.74. The SMILES string of the molecule is COc1ccc(-c2ccc(=O)n(Cc3ccc(Cl)cc3F)c2)cc1C. The molecule has 3 aromatic rings. The highest BCUT2D eigenvalue weighted by atomic mass is 35.5. The molecule has 128 valence electrons. The average Bonchev–Trinajstić information content (AvgIpc) is 2.59. The summed E-state index contributed by atoms with van der Waals surface area (Å²) in [4.78, 5) is 12.1. The maximum absolute atomic E-state index is 14.0. The molecule has 0 unspecified atom stereocenters. The van der Waals surface area contributed by atoms with Crippen molar-refractivity contribution in [1.82, 2.24) is 4.57 Å². The molecule has 3 rings (SSSR count). The molecule has 1 aromatic heterocycles. The number of benzene rings is 2. The monoisotopic (exact) mass is 357 g/mol. The summed E-state index contributed by atoms with van der Waals surface area (Å²) in [5.41, 5.74) is 3.06. The Kier molecular flexibility index (Phi) is 4.91. The van der Waals surface area contributed by atoms with Crippen LogP contribution in [0.25, 0.3) is 11.1 Å². The molecule has 0 aliphatic rings. The van der Waals surface area contributed by atoms with Gasteiger partial charge in [-0.2, -0.15) is 0 Å². The summed E-state index contributed by atoms with van der Waals surface area (Å²) < 4.78 is 20.8. The molecule has 5 heteroatoms. The number of methoxy groups -OCH3 is 1. The molecule has 0 spiro atoms. The van der Waals surface area contributed by atoms with Crippen molar-refractivity contribution in [2.24, 2.45) is 0 Å². The number of hydrogen-bond donors (Lipinski definition) is 0. The van der Waals surface area contributed by atoms with Crippen LogP contribution in [0.1, 0.15) is 11.1 Å². The van der Waals surface area contributed by atoms with Crippen LogP contribution in [-0.4, -0.2) is 11.7 Å². The van der Waals surface area contributed by atoms with E-state index in [9.17, 15) is 9.18 Å². The van der Waals surface area contributed by atoms with Gasteiger partial charge in [-0.25, -0.2) is 4.39 Å². The number of aryl methyl sites for hydroxylation is 1. The van der Waals surface area contributed by atoms with Gasteiger partial charge in [0.1, 0.15) is 11.6 Å². The first-order valence-electron chi connectivity index (χ1n) is 7.77. The Bertz CT molecular complexity index is 982. The molecule has 25 heavy (non-hydrogen) atoms. The van der Waals surface area contributed by atoms with Crippen LogP contribution >= 0.6 is 11.6 Å². The fourth-order valence-corrected chi connectivity index (χ4v) is 2.88. The van der Waals surface area contributed by atoms with Gasteiger partial charge >= 0.3 is 0 Å². The molecule has 0 fully saturated rings. The Morgan fingerprint density at radius 2 is 1.84 bits per heavy atom. The molecule has 0 aliphatic carbocycles. The normalized spacial score (nSPS) is 10.7. The van der Waals surface area contributed by atoms with Gasteiger partial charge in [-0.1, -0.05) is 23.7 Å². The molecular weight excluding hydrogens is 341 g/mol. The van der Waals surface area contributed by atoms with E-state index in [-0.39, 0.29) is 12.1 Å². The van der Waals surface area contributed by atoms with Gasteiger partial charge in [0.25, 0.3) is 5.56 Å². The summed E-state index contributed by atoms with van der Waals surface area (Å²) in [6.45, 7) is 2.10. The highest BCUT2D eigenvalue weighted by molar-refractivity contribution is 6.30. The second-order valence-corrected chi connectivity index (χ2v) is 6.24. The molecule has 0 saturated carbocycles. The van der Waals surface area contributed by atoms with E-state index in [2.05, 4.69) is 0 Å². The fraction of sp³-hybridized carbons (Fsp3) is 0.150. The van der Waals surface area contributed by atoms with Crippen LogP contribution in [0.3, 0.4) is 0 Å². The minimum atomic E-state index is -0.426. The molecule has 3 nitrogen and oxygen atoms in total. The van der Waals surface area contributed by atoms with Crippen LogP contribution < -0.4 is 10.3 Å². The van der Waals surface area contributed by atoms with Crippen molar-refractivity contribution < 1.29 is 9.13 Å². The van der Waals surface area contributed by atoms with Gasteiger partial charge < -0.3 is 9.30 Å². The molecule has 0 radical (unpaired) electrons. The Hall–Kier alpha value is -2.59. The minimum Gasteiger partial charge on any atom is -0.496 e. The van der Waals surface area contributed by atoms with E-state index in [1.807, 2.05) is 25.1 Å². The Morgan fingerprint density at radius 1 is 1.08 bits per heavy atom. The number of pyridine rings is 1. The van der Waals surface area contributed by atoms with Crippen molar-refractivity contribution in [3.05, 3.63) is 87.0 Å². The standard InChI is InChI=1S/C20H17ClFNO2/c1-13-9-14(4-7-19(13)25-2)15-5-8-20(24)23(11-15)12-16-3-6-17(21)10-18(16)22/h3-11H,12H2,1-2H3. The largest absolute Gasteiger partial charge is 0.496 e. The van der Waals surface area contributed by atoms with Crippen LogP contribution in [0.5, 0.6) is 5.75 Å². The second kappa shape index (κ2) is 7.11. The summed E-state index contributed by atoms with van der Waals surface area (Å²) in [7, 11) is 1.63. The quantitative estimate of drug-likeness (QED) is 0.679. The first-order valence-corrected chi connectivity index (χ1v) is 8.15. The van der Waals surface area contributed by atoms with Gasteiger partial charge in [0.2, 0.25) is 0 Å². The van der Waals surface area contributed by atoms with E-state index >= 15 is 0 Å². The van der Waals surface area contributed by atoms with Crippen LogP contribution in [-0.2, 0) is 6.54 Å². The van der Waals surface area contributed by atoms with E-state index < -0.39 is 5.82 Å². The summed E-state index contributed by atoms with van der Waals surface area (Å²) >= 11 is 5.78. The minimum absolute atomic E-state index is 0.144. The highest BCUT2D eigenvalue weighted by Gasteiger charge is 2.08. The van der Waals surface area contributed by atoms with E-state index in [4.69, 9.17) is 16.3 Å². The lowest BCUT2D eigenvalue weighted by Crippen LogP contribution is -2.19. The van der Waals surface area contributed by atoms with E-state index in [1.165, 1.54) is 16.7 Å². The first kappa shape index (κ1) is 17.2. The van der Waals surface area contributed by atoms with Gasteiger partial charge in [0, 0.05) is 22.8 Å². The summed E-state index contributed by atoms with van der Waals surface area (Å²) in [6.07, 6.45) is 1.73. The number of aromatic nitrogens is 1. The van der Waals surface area contributed by atoms with Crippen LogP contribution in [0.4, 0.5) is 4.39 Å². The van der Waals surface area contributed by atoms with Crippen LogP contribution in [0.15, 0.2) is 59.5 Å². The zero-order valence-corrected chi connectivity index (χ0v) is 14.7. The van der Waals surface area contributed by atoms with E-state index in [0.717, 1.165) is 22.4 Å². The van der Waals surface area contributed by atoms with Crippen LogP contribution in [0.2, 0.25) is 5.02 Å². The second-order valence-electron chi connectivity index (χ2n) is 5.80. The molecule has 0 bridgehead atoms. The van der Waals surface area contributed by atoms with Crippen molar-refractivity contribution in [3.8, 4) is 16.9 Å². The molecule has 0 N–H and O–H groups in total. The Morgan fingerprint density at radius 3 is 2.52 bits per heavy atom. The number of halogens is 2. The number of ether oxygens (including phenoxy) is 1. The Labute approximate surface area is 150 Å². The highest BCUT2D eigenvalue weighted by Crippen LogP contribution is 2.25. The number of hydrogen-bond acceptors (Lipinski definition) is 2. The maximum Gasteiger partial charge on any atom is 0.250 e. The van der Waals surface area contributed by atoms with Crippen molar-refractivity contribution >= 4 is 11.6 Å². The van der Waals surface area contributed by atoms with Gasteiger partial charge in [-0.3, -0.25) is 4.79 Å². The molecule has 0 saturated heterocycles. The number of nitrogens with zero attached hydrogens (tertiary/aromatic N) is 1. The van der Waals surface area contributed by atoms with Gasteiger partial charge in [0.15, 0.2) is 0 Å². The zero-order chi connectivity index (χ0) is 18.0. The smallest absolute Gasteiger partial charge is 0.250 e. The van der Waals surface area contributed by atoms with E-state index in [1.54, 1.807) is 31.5 Å². The number of rotatable bonds is 4. The topological polar surface area (TPSA) is 31.2 Å². The molecule has 2 aromatic carbocycles.